The summed E-state index contributed by atoms with van der Waals surface area (Å²) in [5.74, 6) is -1.07. The number of aliphatic hydroxyl groups is 1. The van der Waals surface area contributed by atoms with Gasteiger partial charge >= 0.3 is 27.6 Å². The first kappa shape index (κ1) is 54.8. The second kappa shape index (κ2) is 38.0. The fraction of sp³-hybridized carbons (Fsp3) is 0.714. The van der Waals surface area contributed by atoms with E-state index in [1.54, 1.807) is 0 Å². The van der Waals surface area contributed by atoms with Crippen molar-refractivity contribution in [1.29, 1.82) is 0 Å². The standard InChI is InChI=1S/C42H74O13P2/c1-3-5-7-9-11-13-15-17-19-21-23-25-27-29-31-33-41(44)51-37-40(38-54-57(49,50)53-36-39(43)35-52-56(46,47)48)55-42(45)34-32-30-28-26-24-22-20-18-16-14-12-10-8-6-4-2/h5,7,11-14,17-20,39-40,43H,3-4,6,8-10,15-16,21-38H2,1-2H3,(H,49,50)(H2,46,47,48)/b7-5-,13-11-,14-12-,19-17-,20-18-/t39-,40+/m0/s1. The molecule has 330 valence electrons. The predicted molar refractivity (Wildman–Crippen MR) is 225 cm³/mol. The van der Waals surface area contributed by atoms with Crippen LogP contribution in [0.15, 0.2) is 60.8 Å². The number of rotatable bonds is 39. The van der Waals surface area contributed by atoms with E-state index in [1.165, 1.54) is 19.3 Å². The third-order valence-corrected chi connectivity index (χ3v) is 9.82. The number of aliphatic hydroxyl groups excluding tert-OH is 1. The number of phosphoric ester groups is 2. The quantitative estimate of drug-likeness (QED) is 0.0198. The van der Waals surface area contributed by atoms with Gasteiger partial charge in [-0.25, -0.2) is 9.13 Å². The average molecular weight is 849 g/mol. The maximum Gasteiger partial charge on any atom is 0.472 e. The lowest BCUT2D eigenvalue weighted by Gasteiger charge is -2.20. The maximum absolute atomic E-state index is 12.6. The summed E-state index contributed by atoms with van der Waals surface area (Å²) in [7, 11) is -9.68. The van der Waals surface area contributed by atoms with Gasteiger partial charge in [0.25, 0.3) is 0 Å². The second-order valence-electron chi connectivity index (χ2n) is 13.9. The van der Waals surface area contributed by atoms with Gasteiger partial charge in [0.05, 0.1) is 19.8 Å². The van der Waals surface area contributed by atoms with Crippen molar-refractivity contribution >= 4 is 27.6 Å². The van der Waals surface area contributed by atoms with E-state index >= 15 is 0 Å². The highest BCUT2D eigenvalue weighted by molar-refractivity contribution is 7.47. The van der Waals surface area contributed by atoms with E-state index in [0.717, 1.165) is 96.3 Å². The van der Waals surface area contributed by atoms with Gasteiger partial charge in [0.2, 0.25) is 0 Å². The van der Waals surface area contributed by atoms with E-state index in [0.29, 0.717) is 12.8 Å². The highest BCUT2D eigenvalue weighted by Crippen LogP contribution is 2.43. The predicted octanol–water partition coefficient (Wildman–Crippen LogP) is 10.4. The van der Waals surface area contributed by atoms with E-state index in [9.17, 15) is 28.7 Å². The van der Waals surface area contributed by atoms with E-state index in [4.69, 9.17) is 23.8 Å². The molecule has 0 radical (unpaired) electrons. The van der Waals surface area contributed by atoms with Gasteiger partial charge in [-0.2, -0.15) is 0 Å². The molecule has 4 N–H and O–H groups in total. The molecule has 3 atom stereocenters. The number of hydrogen-bond acceptors (Lipinski definition) is 10. The molecule has 57 heavy (non-hydrogen) atoms. The summed E-state index contributed by atoms with van der Waals surface area (Å²) in [6.45, 7) is 1.57. The van der Waals surface area contributed by atoms with Gasteiger partial charge in [-0.15, -0.1) is 0 Å². The smallest absolute Gasteiger partial charge is 0.462 e. The molecule has 0 aliphatic rings. The molecule has 0 bridgehead atoms. The van der Waals surface area contributed by atoms with E-state index in [-0.39, 0.29) is 12.8 Å². The number of ether oxygens (including phenoxy) is 2. The molecule has 0 spiro atoms. The molecular weight excluding hydrogens is 774 g/mol. The first-order valence-corrected chi connectivity index (χ1v) is 24.0. The van der Waals surface area contributed by atoms with Crippen LogP contribution in [0.5, 0.6) is 0 Å². The summed E-state index contributed by atoms with van der Waals surface area (Å²) in [6.07, 6.45) is 39.2. The minimum atomic E-state index is -4.87. The Kier molecular flexibility index (Phi) is 36.6. The van der Waals surface area contributed by atoms with E-state index in [1.807, 2.05) is 0 Å². The van der Waals surface area contributed by atoms with Gasteiger partial charge in [0, 0.05) is 12.8 Å². The first-order chi connectivity index (χ1) is 27.4. The monoisotopic (exact) mass is 848 g/mol. The Labute approximate surface area is 342 Å². The molecule has 0 aromatic rings. The normalized spacial score (nSPS) is 14.7. The van der Waals surface area contributed by atoms with Gasteiger partial charge < -0.3 is 29.3 Å². The molecule has 0 fully saturated rings. The van der Waals surface area contributed by atoms with Crippen molar-refractivity contribution < 1.29 is 61.6 Å². The Morgan fingerprint density at radius 2 is 0.965 bits per heavy atom. The summed E-state index contributed by atoms with van der Waals surface area (Å²) in [6, 6.07) is 0. The van der Waals surface area contributed by atoms with Crippen LogP contribution in [0.1, 0.15) is 155 Å². The van der Waals surface area contributed by atoms with Crippen molar-refractivity contribution in [3.8, 4) is 0 Å². The van der Waals surface area contributed by atoms with Crippen LogP contribution in [-0.4, -0.2) is 70.4 Å². The van der Waals surface area contributed by atoms with E-state index < -0.39 is 66.2 Å². The molecular formula is C42H74O13P2. The fourth-order valence-corrected chi connectivity index (χ4v) is 6.37. The van der Waals surface area contributed by atoms with Crippen molar-refractivity contribution in [2.75, 3.05) is 26.4 Å². The number of hydrogen-bond donors (Lipinski definition) is 4. The fourth-order valence-electron chi connectivity index (χ4n) is 5.21. The van der Waals surface area contributed by atoms with Crippen LogP contribution in [0.3, 0.4) is 0 Å². The molecule has 0 aliphatic carbocycles. The lowest BCUT2D eigenvalue weighted by Crippen LogP contribution is -2.30. The minimum absolute atomic E-state index is 0.109. The topological polar surface area (TPSA) is 195 Å². The SMILES string of the molecule is CC/C=C\C/C=C\C/C=C\CCCCCCCC(=O)OC[C@H](COP(=O)(O)OC[C@@H](O)COP(=O)(O)O)OC(=O)CCCCCCC/C=C\C/C=C\CCCCC. The van der Waals surface area contributed by atoms with Crippen molar-refractivity contribution in [1.82, 2.24) is 0 Å². The molecule has 0 heterocycles. The van der Waals surface area contributed by atoms with Gasteiger partial charge in [0.1, 0.15) is 12.7 Å². The third kappa shape index (κ3) is 41.8. The molecule has 0 aromatic carbocycles. The highest BCUT2D eigenvalue weighted by Gasteiger charge is 2.28. The first-order valence-electron chi connectivity index (χ1n) is 21.0. The number of unbranched alkanes of at least 4 members (excludes halogenated alkanes) is 13. The van der Waals surface area contributed by atoms with Crippen molar-refractivity contribution in [2.24, 2.45) is 0 Å². The third-order valence-electron chi connectivity index (χ3n) is 8.38. The molecule has 0 saturated heterocycles. The van der Waals surface area contributed by atoms with Crippen LogP contribution >= 0.6 is 15.6 Å². The number of carbonyl (C=O) groups excluding carboxylic acids is 2. The zero-order chi connectivity index (χ0) is 42.3. The number of phosphoric acid groups is 2. The van der Waals surface area contributed by atoms with Gasteiger partial charge in [0.15, 0.2) is 6.10 Å². The molecule has 0 amide bonds. The maximum atomic E-state index is 12.6. The van der Waals surface area contributed by atoms with Crippen LogP contribution in [0, 0.1) is 0 Å². The Morgan fingerprint density at radius 1 is 0.526 bits per heavy atom. The molecule has 13 nitrogen and oxygen atoms in total. The molecule has 0 aromatic heterocycles. The summed E-state index contributed by atoms with van der Waals surface area (Å²) < 4.78 is 47.7. The van der Waals surface area contributed by atoms with Gasteiger partial charge in [-0.3, -0.25) is 23.2 Å². The molecule has 0 rings (SSSR count). The zero-order valence-electron chi connectivity index (χ0n) is 34.7. The minimum Gasteiger partial charge on any atom is -0.462 e. The summed E-state index contributed by atoms with van der Waals surface area (Å²) in [5.41, 5.74) is 0. The van der Waals surface area contributed by atoms with Crippen LogP contribution in [0.4, 0.5) is 0 Å². The number of allylic oxidation sites excluding steroid dienone is 10. The molecule has 0 saturated carbocycles. The van der Waals surface area contributed by atoms with Crippen molar-refractivity contribution in [2.45, 2.75) is 167 Å². The van der Waals surface area contributed by atoms with Crippen molar-refractivity contribution in [3.05, 3.63) is 60.8 Å². The number of carbonyl (C=O) groups is 2. The average Bonchev–Trinajstić information content (AvgIpc) is 3.17. The van der Waals surface area contributed by atoms with Crippen molar-refractivity contribution in [3.63, 3.8) is 0 Å². The van der Waals surface area contributed by atoms with Crippen LogP contribution in [-0.2, 0) is 41.8 Å². The molecule has 15 heteroatoms. The van der Waals surface area contributed by atoms with Crippen LogP contribution in [0.25, 0.3) is 0 Å². The molecule has 1 unspecified atom stereocenters. The molecule has 0 aliphatic heterocycles. The summed E-state index contributed by atoms with van der Waals surface area (Å²) in [5, 5.41) is 9.73. The lowest BCUT2D eigenvalue weighted by molar-refractivity contribution is -0.161. The Hall–Kier alpha value is -2.18. The second-order valence-corrected chi connectivity index (χ2v) is 16.6. The Balaban J connectivity index is 4.60. The van der Waals surface area contributed by atoms with Gasteiger partial charge in [-0.1, -0.05) is 126 Å². The van der Waals surface area contributed by atoms with E-state index in [2.05, 4.69) is 83.7 Å². The van der Waals surface area contributed by atoms with Crippen LogP contribution in [0.2, 0.25) is 0 Å². The largest absolute Gasteiger partial charge is 0.472 e. The van der Waals surface area contributed by atoms with Gasteiger partial charge in [-0.05, 0) is 77.0 Å². The number of esters is 2. The zero-order valence-corrected chi connectivity index (χ0v) is 36.5. The summed E-state index contributed by atoms with van der Waals surface area (Å²) in [4.78, 5) is 52.6. The highest BCUT2D eigenvalue weighted by atomic mass is 31.2. The Bertz CT molecular complexity index is 1240. The summed E-state index contributed by atoms with van der Waals surface area (Å²) >= 11 is 0. The Morgan fingerprint density at radius 3 is 1.49 bits per heavy atom. The van der Waals surface area contributed by atoms with Crippen LogP contribution < -0.4 is 0 Å². The lowest BCUT2D eigenvalue weighted by atomic mass is 10.1.